The Labute approximate surface area is 154 Å². The molecule has 1 rings (SSSR count). The van der Waals surface area contributed by atoms with Gasteiger partial charge < -0.3 is 30.7 Å². The fourth-order valence-electron chi connectivity index (χ4n) is 2.71. The van der Waals surface area contributed by atoms with E-state index in [0.29, 0.717) is 18.9 Å². The number of hydrogen-bond donors (Lipinski definition) is 5. The number of hydrogen-bond acceptors (Lipinski definition) is 6. The first-order valence-corrected chi connectivity index (χ1v) is 9.00. The van der Waals surface area contributed by atoms with Crippen molar-refractivity contribution in [3.8, 4) is 0 Å². The van der Waals surface area contributed by atoms with Crippen molar-refractivity contribution >= 4 is 11.8 Å². The van der Waals surface area contributed by atoms with E-state index in [1.54, 1.807) is 6.08 Å². The lowest BCUT2D eigenvalue weighted by Gasteiger charge is -2.28. The molecule has 5 N–H and O–H groups in total. The fraction of sp³-hybridized carbons (Fsp3) is 0.778. The van der Waals surface area contributed by atoms with Gasteiger partial charge in [-0.25, -0.2) is 0 Å². The summed E-state index contributed by atoms with van der Waals surface area (Å²) < 4.78 is 5.01. The van der Waals surface area contributed by atoms with Crippen molar-refractivity contribution in [3.63, 3.8) is 0 Å². The molecule has 8 nitrogen and oxygen atoms in total. The molecule has 0 aliphatic carbocycles. The van der Waals surface area contributed by atoms with Gasteiger partial charge in [-0.05, 0) is 24.7 Å². The van der Waals surface area contributed by atoms with E-state index < -0.39 is 36.4 Å². The molecule has 1 saturated heterocycles. The Kier molecular flexibility index (Phi) is 9.21. The number of amides is 2. The second-order valence-corrected chi connectivity index (χ2v) is 7.25. The third-order valence-corrected chi connectivity index (χ3v) is 4.42. The Hall–Kier alpha value is -1.48. The lowest BCUT2D eigenvalue weighted by molar-refractivity contribution is -0.150. The summed E-state index contributed by atoms with van der Waals surface area (Å²) in [6, 6.07) is -0.722. The zero-order valence-electron chi connectivity index (χ0n) is 15.9. The Morgan fingerprint density at radius 1 is 1.23 bits per heavy atom. The van der Waals surface area contributed by atoms with Crippen molar-refractivity contribution in [2.24, 2.45) is 11.8 Å². The van der Waals surface area contributed by atoms with Crippen molar-refractivity contribution < 1.29 is 29.6 Å². The van der Waals surface area contributed by atoms with E-state index in [2.05, 4.69) is 10.6 Å². The van der Waals surface area contributed by atoms with Crippen LogP contribution in [0.1, 0.15) is 33.6 Å². The van der Waals surface area contributed by atoms with Gasteiger partial charge in [0.15, 0.2) is 6.10 Å². The molecule has 0 aromatic rings. The molecule has 6 unspecified atom stereocenters. The van der Waals surface area contributed by atoms with Crippen LogP contribution in [0, 0.1) is 11.8 Å². The van der Waals surface area contributed by atoms with Crippen LogP contribution in [0.5, 0.6) is 0 Å². The van der Waals surface area contributed by atoms with Crippen molar-refractivity contribution in [2.45, 2.75) is 64.1 Å². The number of carbonyl (C=O) groups excluding carboxylic acids is 2. The summed E-state index contributed by atoms with van der Waals surface area (Å²) in [4.78, 5) is 24.5. The van der Waals surface area contributed by atoms with Crippen molar-refractivity contribution in [1.82, 2.24) is 10.6 Å². The number of nitrogens with one attached hydrogen (secondary N) is 2. The molecule has 26 heavy (non-hydrogen) atoms. The summed E-state index contributed by atoms with van der Waals surface area (Å²) in [6.45, 7) is 6.36. The molecule has 150 valence electrons. The topological polar surface area (TPSA) is 128 Å². The maximum absolute atomic E-state index is 12.4. The highest BCUT2D eigenvalue weighted by Gasteiger charge is 2.37. The van der Waals surface area contributed by atoms with E-state index in [4.69, 9.17) is 4.74 Å². The third-order valence-electron chi connectivity index (χ3n) is 4.42. The molecule has 0 saturated carbocycles. The molecule has 0 radical (unpaired) electrons. The number of methoxy groups -OCH3 is 1. The molecular weight excluding hydrogens is 340 g/mol. The summed E-state index contributed by atoms with van der Waals surface area (Å²) >= 11 is 0. The minimum absolute atomic E-state index is 0.159. The summed E-state index contributed by atoms with van der Waals surface area (Å²) in [5.74, 6) is -0.526. The molecular formula is C18H32N2O6. The highest BCUT2D eigenvalue weighted by Crippen LogP contribution is 2.14. The maximum atomic E-state index is 12.4. The Balaban J connectivity index is 2.73. The molecule has 1 aliphatic heterocycles. The first-order chi connectivity index (χ1) is 12.2. The van der Waals surface area contributed by atoms with Gasteiger partial charge in [-0.3, -0.25) is 9.59 Å². The van der Waals surface area contributed by atoms with Crippen LogP contribution in [0.2, 0.25) is 0 Å². The second kappa shape index (κ2) is 10.6. The van der Waals surface area contributed by atoms with Crippen LogP contribution >= 0.6 is 0 Å². The Bertz CT molecular complexity index is 496. The van der Waals surface area contributed by atoms with E-state index in [0.717, 1.165) is 6.42 Å². The quantitative estimate of drug-likeness (QED) is 0.360. The summed E-state index contributed by atoms with van der Waals surface area (Å²) in [7, 11) is 1.21. The van der Waals surface area contributed by atoms with Gasteiger partial charge in [-0.1, -0.05) is 32.9 Å². The largest absolute Gasteiger partial charge is 0.387 e. The minimum Gasteiger partial charge on any atom is -0.387 e. The van der Waals surface area contributed by atoms with Gasteiger partial charge in [0.25, 0.3) is 5.91 Å². The van der Waals surface area contributed by atoms with Crippen LogP contribution in [0.3, 0.4) is 0 Å². The van der Waals surface area contributed by atoms with Crippen molar-refractivity contribution in [2.75, 3.05) is 13.7 Å². The first kappa shape index (κ1) is 22.6. The number of ether oxygens (including phenoxy) is 1. The van der Waals surface area contributed by atoms with Crippen LogP contribution in [0.15, 0.2) is 12.2 Å². The SMILES string of the molecule is COC(C(=O)NC1CCC(C)CNC1=O)C(O)C(O)C(O)C=CC(C)C. The zero-order chi connectivity index (χ0) is 19.9. The fourth-order valence-corrected chi connectivity index (χ4v) is 2.71. The highest BCUT2D eigenvalue weighted by molar-refractivity contribution is 5.89. The van der Waals surface area contributed by atoms with Crippen LogP contribution in [0.4, 0.5) is 0 Å². The monoisotopic (exact) mass is 372 g/mol. The zero-order valence-corrected chi connectivity index (χ0v) is 15.9. The predicted molar refractivity (Wildman–Crippen MR) is 96.1 cm³/mol. The Morgan fingerprint density at radius 2 is 1.88 bits per heavy atom. The van der Waals surface area contributed by atoms with Crippen LogP contribution in [-0.4, -0.2) is 71.2 Å². The third kappa shape index (κ3) is 6.68. The van der Waals surface area contributed by atoms with E-state index in [1.807, 2.05) is 20.8 Å². The number of carbonyl (C=O) groups is 2. The first-order valence-electron chi connectivity index (χ1n) is 9.00. The summed E-state index contributed by atoms with van der Waals surface area (Å²) in [6.07, 6.45) is -1.73. The average Bonchev–Trinajstić information content (AvgIpc) is 2.75. The van der Waals surface area contributed by atoms with Crippen molar-refractivity contribution in [3.05, 3.63) is 12.2 Å². The second-order valence-electron chi connectivity index (χ2n) is 7.25. The van der Waals surface area contributed by atoms with Crippen LogP contribution in [-0.2, 0) is 14.3 Å². The highest BCUT2D eigenvalue weighted by atomic mass is 16.5. The minimum atomic E-state index is -1.65. The van der Waals surface area contributed by atoms with E-state index in [9.17, 15) is 24.9 Å². The Morgan fingerprint density at radius 3 is 2.46 bits per heavy atom. The molecule has 0 spiro atoms. The van der Waals surface area contributed by atoms with Gasteiger partial charge >= 0.3 is 0 Å². The van der Waals surface area contributed by atoms with E-state index in [-0.39, 0.29) is 11.8 Å². The predicted octanol–water partition coefficient (Wildman–Crippen LogP) is -0.673. The molecule has 0 aromatic heterocycles. The number of aliphatic hydroxyl groups is 3. The van der Waals surface area contributed by atoms with Gasteiger partial charge in [0.05, 0.1) is 0 Å². The van der Waals surface area contributed by atoms with E-state index in [1.165, 1.54) is 13.2 Å². The standard InChI is InChI=1S/C18H32N2O6/c1-10(2)5-8-13(21)14(22)15(23)16(26-4)18(25)20-12-7-6-11(3)9-19-17(12)24/h5,8,10-16,21-23H,6-7,9H2,1-4H3,(H,19,24)(H,20,25). The molecule has 8 heteroatoms. The van der Waals surface area contributed by atoms with E-state index >= 15 is 0 Å². The normalized spacial score (nSPS) is 26.1. The average molecular weight is 372 g/mol. The molecule has 1 heterocycles. The smallest absolute Gasteiger partial charge is 0.252 e. The van der Waals surface area contributed by atoms with Crippen molar-refractivity contribution in [1.29, 1.82) is 0 Å². The molecule has 6 atom stereocenters. The number of aliphatic hydroxyl groups excluding tert-OH is 3. The molecule has 2 amide bonds. The van der Waals surface area contributed by atoms with Gasteiger partial charge in [0, 0.05) is 13.7 Å². The molecule has 1 aliphatic rings. The van der Waals surface area contributed by atoms with Crippen LogP contribution < -0.4 is 10.6 Å². The number of rotatable bonds is 8. The lowest BCUT2D eigenvalue weighted by Crippen LogP contribution is -2.55. The van der Waals surface area contributed by atoms with Gasteiger partial charge in [-0.2, -0.15) is 0 Å². The number of allylic oxidation sites excluding steroid dienone is 1. The molecule has 0 bridgehead atoms. The van der Waals surface area contributed by atoms with Gasteiger partial charge in [0.1, 0.15) is 24.4 Å². The van der Waals surface area contributed by atoms with Gasteiger partial charge in [0.2, 0.25) is 5.91 Å². The molecule has 0 aromatic carbocycles. The maximum Gasteiger partial charge on any atom is 0.252 e. The van der Waals surface area contributed by atoms with Gasteiger partial charge in [-0.15, -0.1) is 0 Å². The lowest BCUT2D eigenvalue weighted by atomic mass is 10.00. The summed E-state index contributed by atoms with van der Waals surface area (Å²) in [5.41, 5.74) is 0. The summed E-state index contributed by atoms with van der Waals surface area (Å²) in [5, 5.41) is 35.6. The van der Waals surface area contributed by atoms with Crippen LogP contribution in [0.25, 0.3) is 0 Å². The molecule has 1 fully saturated rings.